The van der Waals surface area contributed by atoms with Crippen LogP contribution in [-0.4, -0.2) is 67.9 Å². The highest BCUT2D eigenvalue weighted by Gasteiger charge is 2.41. The second-order valence-corrected chi connectivity index (χ2v) is 6.74. The van der Waals surface area contributed by atoms with Crippen molar-refractivity contribution in [1.29, 1.82) is 0 Å². The van der Waals surface area contributed by atoms with Crippen LogP contribution in [0.1, 0.15) is 12.6 Å². The van der Waals surface area contributed by atoms with Gasteiger partial charge in [-0.3, -0.25) is 13.6 Å². The highest BCUT2D eigenvalue weighted by molar-refractivity contribution is 7.47. The van der Waals surface area contributed by atoms with Crippen molar-refractivity contribution in [3.05, 3.63) is 22.7 Å². The Morgan fingerprint density at radius 3 is 2.84 bits per heavy atom. The number of phosphoric ester groups is 1. The number of phosphoric acid groups is 1. The molecule has 2 rings (SSSR count). The van der Waals surface area contributed by atoms with Crippen molar-refractivity contribution in [2.75, 3.05) is 25.6 Å². The van der Waals surface area contributed by atoms with E-state index < -0.39 is 57.9 Å². The third-order valence-corrected chi connectivity index (χ3v) is 4.44. The van der Waals surface area contributed by atoms with E-state index in [1.54, 1.807) is 0 Å². The lowest BCUT2D eigenvalue weighted by Gasteiger charge is -2.20. The number of aromatic nitrogens is 2. The Balaban J connectivity index is 2.06. The molecular formula is C12H20N3O9P. The lowest BCUT2D eigenvalue weighted by molar-refractivity contribution is -0.0478. The Hall–Kier alpha value is -1.37. The van der Waals surface area contributed by atoms with Gasteiger partial charge < -0.3 is 30.7 Å². The highest BCUT2D eigenvalue weighted by atomic mass is 31.2. The van der Waals surface area contributed by atoms with Crippen LogP contribution >= 0.6 is 7.82 Å². The van der Waals surface area contributed by atoms with E-state index in [1.165, 1.54) is 12.3 Å². The normalized spacial score (nSPS) is 27.1. The minimum Gasteiger partial charge on any atom is -0.394 e. The minimum absolute atomic E-state index is 0.0291. The predicted molar refractivity (Wildman–Crippen MR) is 82.3 cm³/mol. The molecule has 12 nitrogen and oxygen atoms in total. The number of aliphatic hydroxyl groups is 3. The quantitative estimate of drug-likeness (QED) is 0.312. The molecule has 1 unspecified atom stereocenters. The summed E-state index contributed by atoms with van der Waals surface area (Å²) in [6.45, 7) is -1.80. The van der Waals surface area contributed by atoms with Crippen LogP contribution in [0, 0.1) is 0 Å². The van der Waals surface area contributed by atoms with Gasteiger partial charge in [0.05, 0.1) is 19.8 Å². The van der Waals surface area contributed by atoms with Crippen molar-refractivity contribution in [1.82, 2.24) is 9.55 Å². The predicted octanol–water partition coefficient (Wildman–Crippen LogP) is -2.04. The van der Waals surface area contributed by atoms with E-state index in [2.05, 4.69) is 9.51 Å². The van der Waals surface area contributed by atoms with Crippen LogP contribution in [0.25, 0.3) is 0 Å². The van der Waals surface area contributed by atoms with Gasteiger partial charge in [0.25, 0.3) is 0 Å². The molecule has 0 spiro atoms. The van der Waals surface area contributed by atoms with Gasteiger partial charge in [0.2, 0.25) is 0 Å². The summed E-state index contributed by atoms with van der Waals surface area (Å²) in [5, 5.41) is 27.2. The molecule has 1 saturated heterocycles. The van der Waals surface area contributed by atoms with Crippen molar-refractivity contribution in [3.63, 3.8) is 0 Å². The zero-order valence-corrected chi connectivity index (χ0v) is 13.9. The van der Waals surface area contributed by atoms with E-state index in [4.69, 9.17) is 25.2 Å². The number of ether oxygens (including phenoxy) is 1. The van der Waals surface area contributed by atoms with Gasteiger partial charge in [0.1, 0.15) is 30.4 Å². The van der Waals surface area contributed by atoms with Crippen molar-refractivity contribution in [2.45, 2.75) is 31.0 Å². The molecule has 1 fully saturated rings. The molecule has 1 aromatic rings. The lowest BCUT2D eigenvalue weighted by atomic mass is 10.2. The summed E-state index contributed by atoms with van der Waals surface area (Å²) >= 11 is 0. The van der Waals surface area contributed by atoms with E-state index >= 15 is 0 Å². The van der Waals surface area contributed by atoms with E-state index in [1.807, 2.05) is 0 Å². The number of hydrogen-bond acceptors (Lipinski definition) is 10. The first kappa shape index (κ1) is 19.9. The summed E-state index contributed by atoms with van der Waals surface area (Å²) in [4.78, 5) is 25.0. The Bertz CT molecular complexity index is 684. The fourth-order valence-electron chi connectivity index (χ4n) is 2.23. The van der Waals surface area contributed by atoms with Gasteiger partial charge in [-0.15, -0.1) is 0 Å². The second kappa shape index (κ2) is 8.34. The molecular weight excluding hydrogens is 361 g/mol. The van der Waals surface area contributed by atoms with Crippen LogP contribution in [0.2, 0.25) is 0 Å². The SMILES string of the molecule is Nc1ccn([C@H]2C[C@H](OP(=O)(O)OC[C@H](O)CO)[C@@H](CO)O2)c(=O)n1. The van der Waals surface area contributed by atoms with Crippen LogP contribution in [0.15, 0.2) is 17.1 Å². The van der Waals surface area contributed by atoms with Gasteiger partial charge in [-0.2, -0.15) is 4.98 Å². The largest absolute Gasteiger partial charge is 0.472 e. The van der Waals surface area contributed by atoms with Crippen LogP contribution < -0.4 is 11.4 Å². The molecule has 2 heterocycles. The molecule has 6 N–H and O–H groups in total. The summed E-state index contributed by atoms with van der Waals surface area (Å²) in [5.74, 6) is 0.0291. The van der Waals surface area contributed by atoms with Gasteiger partial charge in [-0.05, 0) is 6.07 Å². The third kappa shape index (κ3) is 5.30. The summed E-state index contributed by atoms with van der Waals surface area (Å²) in [7, 11) is -4.58. The number of hydrogen-bond donors (Lipinski definition) is 5. The van der Waals surface area contributed by atoms with Crippen molar-refractivity contribution >= 4 is 13.6 Å². The maximum Gasteiger partial charge on any atom is 0.472 e. The summed E-state index contributed by atoms with van der Waals surface area (Å²) in [6.07, 6.45) is -2.95. The topological polar surface area (TPSA) is 187 Å². The van der Waals surface area contributed by atoms with E-state index in [0.29, 0.717) is 0 Å². The molecule has 5 atom stereocenters. The van der Waals surface area contributed by atoms with Gasteiger partial charge >= 0.3 is 13.5 Å². The summed E-state index contributed by atoms with van der Waals surface area (Å²) in [5.41, 5.74) is 4.72. The van der Waals surface area contributed by atoms with E-state index in [0.717, 1.165) is 4.57 Å². The number of aliphatic hydroxyl groups excluding tert-OH is 3. The number of nitrogens with zero attached hydrogens (tertiary/aromatic N) is 2. The van der Waals surface area contributed by atoms with Gasteiger partial charge in [0.15, 0.2) is 0 Å². The van der Waals surface area contributed by atoms with E-state index in [9.17, 15) is 19.4 Å². The Morgan fingerprint density at radius 2 is 2.24 bits per heavy atom. The molecule has 13 heteroatoms. The average Bonchev–Trinajstić information content (AvgIpc) is 2.94. The Labute approximate surface area is 142 Å². The average molecular weight is 381 g/mol. The first-order valence-corrected chi connectivity index (χ1v) is 8.81. The van der Waals surface area contributed by atoms with Crippen LogP contribution in [-0.2, 0) is 18.3 Å². The van der Waals surface area contributed by atoms with Gasteiger partial charge in [-0.1, -0.05) is 0 Å². The zero-order chi connectivity index (χ0) is 18.6. The minimum atomic E-state index is -4.58. The molecule has 0 bridgehead atoms. The molecule has 1 aromatic heterocycles. The zero-order valence-electron chi connectivity index (χ0n) is 13.0. The first-order valence-electron chi connectivity index (χ1n) is 7.31. The lowest BCUT2D eigenvalue weighted by Crippen LogP contribution is -2.28. The molecule has 0 aliphatic carbocycles. The smallest absolute Gasteiger partial charge is 0.394 e. The number of rotatable bonds is 8. The maximum atomic E-state index is 11.9. The van der Waals surface area contributed by atoms with Gasteiger partial charge in [0, 0.05) is 12.6 Å². The fraction of sp³-hybridized carbons (Fsp3) is 0.667. The van der Waals surface area contributed by atoms with Crippen LogP contribution in [0.4, 0.5) is 5.82 Å². The molecule has 1 aliphatic rings. The fourth-order valence-corrected chi connectivity index (χ4v) is 3.21. The molecule has 0 radical (unpaired) electrons. The molecule has 0 aromatic carbocycles. The van der Waals surface area contributed by atoms with Crippen molar-refractivity contribution < 1.29 is 38.6 Å². The standard InChI is InChI=1S/C12H20N3O9P/c13-10-1-2-15(12(19)14-10)11-3-8(9(5-17)23-11)24-25(20,21)22-6-7(18)4-16/h1-2,7-9,11,16-18H,3-6H2,(H,20,21)(H2,13,14,19)/t7-,8+,9-,11-/m1/s1. The van der Waals surface area contributed by atoms with Crippen molar-refractivity contribution in [2.24, 2.45) is 0 Å². The Kier molecular flexibility index (Phi) is 6.65. The van der Waals surface area contributed by atoms with E-state index in [-0.39, 0.29) is 12.2 Å². The number of anilines is 1. The molecule has 25 heavy (non-hydrogen) atoms. The monoisotopic (exact) mass is 381 g/mol. The third-order valence-electron chi connectivity index (χ3n) is 3.43. The maximum absolute atomic E-state index is 11.9. The summed E-state index contributed by atoms with van der Waals surface area (Å²) < 4.78 is 28.0. The highest BCUT2D eigenvalue weighted by Crippen LogP contribution is 2.48. The molecule has 0 amide bonds. The first-order chi connectivity index (χ1) is 11.8. The second-order valence-electron chi connectivity index (χ2n) is 5.33. The van der Waals surface area contributed by atoms with Crippen LogP contribution in [0.3, 0.4) is 0 Å². The number of nitrogen functional groups attached to an aromatic ring is 1. The van der Waals surface area contributed by atoms with Crippen LogP contribution in [0.5, 0.6) is 0 Å². The van der Waals surface area contributed by atoms with Gasteiger partial charge in [-0.25, -0.2) is 9.36 Å². The molecule has 0 saturated carbocycles. The number of nitrogens with two attached hydrogens (primary N) is 1. The molecule has 142 valence electrons. The molecule has 1 aliphatic heterocycles. The summed E-state index contributed by atoms with van der Waals surface area (Å²) in [6, 6.07) is 1.38. The Morgan fingerprint density at radius 1 is 1.52 bits per heavy atom. The van der Waals surface area contributed by atoms with Crippen molar-refractivity contribution in [3.8, 4) is 0 Å².